The topological polar surface area (TPSA) is 53.5 Å². The number of nitrogens with zero attached hydrogens (tertiary/aromatic N) is 3. The van der Waals surface area contributed by atoms with E-state index in [2.05, 4.69) is 9.88 Å². The number of rotatable bonds is 4. The van der Waals surface area contributed by atoms with Crippen molar-refractivity contribution in [1.82, 2.24) is 14.2 Å². The molecule has 1 unspecified atom stereocenters. The van der Waals surface area contributed by atoms with Crippen LogP contribution in [0, 0.1) is 0 Å². The van der Waals surface area contributed by atoms with E-state index in [4.69, 9.17) is 0 Å². The summed E-state index contributed by atoms with van der Waals surface area (Å²) >= 11 is 0. The Morgan fingerprint density at radius 2 is 2.16 bits per heavy atom. The lowest BCUT2D eigenvalue weighted by molar-refractivity contribution is 0.391. The van der Waals surface area contributed by atoms with Crippen LogP contribution in [0.15, 0.2) is 18.3 Å². The zero-order valence-electron chi connectivity index (χ0n) is 11.7. The molecule has 5 nitrogen and oxygen atoms in total. The number of aromatic nitrogens is 1. The van der Waals surface area contributed by atoms with Crippen molar-refractivity contribution < 1.29 is 8.42 Å². The number of pyridine rings is 1. The third kappa shape index (κ3) is 3.52. The Bertz CT molecular complexity index is 525. The van der Waals surface area contributed by atoms with Gasteiger partial charge in [-0.3, -0.25) is 4.98 Å². The van der Waals surface area contributed by atoms with Crippen molar-refractivity contribution in [1.29, 1.82) is 0 Å². The highest BCUT2D eigenvalue weighted by Gasteiger charge is 2.33. The fourth-order valence-electron chi connectivity index (χ4n) is 2.52. The van der Waals surface area contributed by atoms with Crippen LogP contribution in [-0.2, 0) is 16.6 Å². The molecule has 0 saturated carbocycles. The Kier molecular flexibility index (Phi) is 4.23. The Hall–Kier alpha value is -0.980. The molecule has 1 aromatic rings. The van der Waals surface area contributed by atoms with Gasteiger partial charge in [-0.25, -0.2) is 8.42 Å². The molecule has 0 N–H and O–H groups in total. The van der Waals surface area contributed by atoms with Crippen LogP contribution >= 0.6 is 0 Å². The third-order valence-electron chi connectivity index (χ3n) is 3.32. The molecule has 0 radical (unpaired) electrons. The van der Waals surface area contributed by atoms with Crippen molar-refractivity contribution in [2.45, 2.75) is 25.4 Å². The maximum atomic E-state index is 11.7. The molecule has 1 fully saturated rings. The van der Waals surface area contributed by atoms with Crippen LogP contribution in [0.2, 0.25) is 0 Å². The summed E-state index contributed by atoms with van der Waals surface area (Å²) in [6, 6.07) is 3.89. The normalized spacial score (nSPS) is 21.2. The second-order valence-electron chi connectivity index (χ2n) is 5.36. The molecule has 0 amide bonds. The van der Waals surface area contributed by atoms with Crippen LogP contribution in [0.3, 0.4) is 0 Å². The minimum atomic E-state index is -3.14. The molecule has 6 heteroatoms. The quantitative estimate of drug-likeness (QED) is 0.834. The first-order valence-corrected chi connectivity index (χ1v) is 8.29. The highest BCUT2D eigenvalue weighted by Crippen LogP contribution is 2.32. The number of hydrogen-bond acceptors (Lipinski definition) is 4. The van der Waals surface area contributed by atoms with Crippen LogP contribution in [0.1, 0.15) is 30.1 Å². The highest BCUT2D eigenvalue weighted by molar-refractivity contribution is 7.88. The average Bonchev–Trinajstić information content (AvgIpc) is 2.77. The molecule has 106 valence electrons. The van der Waals surface area contributed by atoms with E-state index in [-0.39, 0.29) is 6.04 Å². The fourth-order valence-corrected chi connectivity index (χ4v) is 3.66. The van der Waals surface area contributed by atoms with Crippen molar-refractivity contribution in [2.75, 3.05) is 26.9 Å². The van der Waals surface area contributed by atoms with E-state index in [0.29, 0.717) is 6.54 Å². The molecular weight excluding hydrogens is 262 g/mol. The summed E-state index contributed by atoms with van der Waals surface area (Å²) in [6.45, 7) is 1.44. The van der Waals surface area contributed by atoms with Crippen molar-refractivity contribution in [3.05, 3.63) is 29.6 Å². The molecule has 2 heterocycles. The van der Waals surface area contributed by atoms with Gasteiger partial charge in [0.25, 0.3) is 0 Å². The zero-order valence-corrected chi connectivity index (χ0v) is 12.5. The summed E-state index contributed by atoms with van der Waals surface area (Å²) in [7, 11) is 0.877. The second kappa shape index (κ2) is 5.56. The van der Waals surface area contributed by atoms with E-state index in [9.17, 15) is 8.42 Å². The van der Waals surface area contributed by atoms with Gasteiger partial charge in [0.15, 0.2) is 0 Å². The first kappa shape index (κ1) is 14.4. The molecule has 0 aromatic carbocycles. The van der Waals surface area contributed by atoms with Crippen LogP contribution in [0.5, 0.6) is 0 Å². The molecule has 2 rings (SSSR count). The van der Waals surface area contributed by atoms with E-state index in [0.717, 1.165) is 30.6 Å². The molecule has 19 heavy (non-hydrogen) atoms. The van der Waals surface area contributed by atoms with Crippen LogP contribution in [0.4, 0.5) is 0 Å². The van der Waals surface area contributed by atoms with Crippen LogP contribution in [0.25, 0.3) is 0 Å². The minimum Gasteiger partial charge on any atom is -0.305 e. The maximum absolute atomic E-state index is 11.7. The highest BCUT2D eigenvalue weighted by atomic mass is 32.2. The van der Waals surface area contributed by atoms with E-state index >= 15 is 0 Å². The first-order valence-electron chi connectivity index (χ1n) is 6.44. The fraction of sp³-hybridized carbons (Fsp3) is 0.615. The lowest BCUT2D eigenvalue weighted by atomic mass is 10.1. The number of sulfonamides is 1. The second-order valence-corrected chi connectivity index (χ2v) is 7.30. The monoisotopic (exact) mass is 283 g/mol. The Morgan fingerprint density at radius 3 is 2.68 bits per heavy atom. The van der Waals surface area contributed by atoms with E-state index in [1.165, 1.54) is 6.26 Å². The van der Waals surface area contributed by atoms with Gasteiger partial charge in [-0.15, -0.1) is 0 Å². The summed E-state index contributed by atoms with van der Waals surface area (Å²) in [5.41, 5.74) is 1.99. The SMILES string of the molecule is CN(C)Cc1ccc(C2CCCN2S(C)(=O)=O)nc1. The van der Waals surface area contributed by atoms with Gasteiger partial charge in [-0.05, 0) is 38.6 Å². The third-order valence-corrected chi connectivity index (χ3v) is 4.61. The summed E-state index contributed by atoms with van der Waals surface area (Å²) in [5.74, 6) is 0. The summed E-state index contributed by atoms with van der Waals surface area (Å²) in [6.07, 6.45) is 4.87. The van der Waals surface area contributed by atoms with Crippen molar-refractivity contribution in [3.63, 3.8) is 0 Å². The van der Waals surface area contributed by atoms with Gasteiger partial charge in [0, 0.05) is 19.3 Å². The molecule has 1 aliphatic heterocycles. The predicted molar refractivity (Wildman–Crippen MR) is 75.2 cm³/mol. The van der Waals surface area contributed by atoms with Crippen molar-refractivity contribution in [3.8, 4) is 0 Å². The van der Waals surface area contributed by atoms with Gasteiger partial charge in [-0.2, -0.15) is 4.31 Å². The summed E-state index contributed by atoms with van der Waals surface area (Å²) in [4.78, 5) is 6.52. The Labute approximate surface area is 115 Å². The van der Waals surface area contributed by atoms with Crippen LogP contribution < -0.4 is 0 Å². The van der Waals surface area contributed by atoms with Crippen molar-refractivity contribution in [2.24, 2.45) is 0 Å². The molecule has 1 saturated heterocycles. The van der Waals surface area contributed by atoms with E-state index in [1.807, 2.05) is 32.4 Å². The van der Waals surface area contributed by atoms with Gasteiger partial charge in [0.1, 0.15) is 0 Å². The molecule has 1 atom stereocenters. The standard InChI is InChI=1S/C13H21N3O2S/c1-15(2)10-11-6-7-12(14-9-11)13-5-4-8-16(13)19(3,17)18/h6-7,9,13H,4-5,8,10H2,1-3H3. The average molecular weight is 283 g/mol. The van der Waals surface area contributed by atoms with E-state index in [1.54, 1.807) is 4.31 Å². The predicted octanol–water partition coefficient (Wildman–Crippen LogP) is 1.24. The molecule has 0 aliphatic carbocycles. The number of hydrogen-bond donors (Lipinski definition) is 0. The van der Waals surface area contributed by atoms with Crippen molar-refractivity contribution >= 4 is 10.0 Å². The largest absolute Gasteiger partial charge is 0.305 e. The smallest absolute Gasteiger partial charge is 0.211 e. The summed E-state index contributed by atoms with van der Waals surface area (Å²) in [5, 5.41) is 0. The Balaban J connectivity index is 2.18. The zero-order chi connectivity index (χ0) is 14.0. The molecule has 0 spiro atoms. The van der Waals surface area contributed by atoms with Gasteiger partial charge in [-0.1, -0.05) is 6.07 Å². The first-order chi connectivity index (χ1) is 8.88. The molecule has 1 aliphatic rings. The lowest BCUT2D eigenvalue weighted by Crippen LogP contribution is -2.29. The van der Waals surface area contributed by atoms with Gasteiger partial charge in [0.05, 0.1) is 18.0 Å². The van der Waals surface area contributed by atoms with Gasteiger partial charge >= 0.3 is 0 Å². The molecule has 0 bridgehead atoms. The van der Waals surface area contributed by atoms with Gasteiger partial charge < -0.3 is 4.90 Å². The maximum Gasteiger partial charge on any atom is 0.211 e. The summed E-state index contributed by atoms with van der Waals surface area (Å²) < 4.78 is 25.0. The molecular formula is C13H21N3O2S. The molecule has 1 aromatic heterocycles. The minimum absolute atomic E-state index is 0.0941. The lowest BCUT2D eigenvalue weighted by Gasteiger charge is -2.21. The van der Waals surface area contributed by atoms with Gasteiger partial charge in [0.2, 0.25) is 10.0 Å². The Morgan fingerprint density at radius 1 is 1.42 bits per heavy atom. The van der Waals surface area contributed by atoms with Crippen LogP contribution in [-0.4, -0.2) is 49.5 Å². The van der Waals surface area contributed by atoms with E-state index < -0.39 is 10.0 Å².